The van der Waals surface area contributed by atoms with Gasteiger partial charge < -0.3 is 15.8 Å². The van der Waals surface area contributed by atoms with E-state index in [4.69, 9.17) is 5.73 Å². The van der Waals surface area contributed by atoms with Crippen LogP contribution in [0.1, 0.15) is 10.4 Å². The minimum absolute atomic E-state index is 0.0518. The van der Waals surface area contributed by atoms with Crippen molar-refractivity contribution in [2.24, 2.45) is 5.73 Å². The maximum Gasteiger partial charge on any atom is 0.404 e. The van der Waals surface area contributed by atoms with Crippen molar-refractivity contribution in [3.05, 3.63) is 32.7 Å². The van der Waals surface area contributed by atoms with Gasteiger partial charge in [0.25, 0.3) is 5.91 Å². The minimum atomic E-state index is -0.857. The molecule has 17 heavy (non-hydrogen) atoms. The van der Waals surface area contributed by atoms with Gasteiger partial charge in [0.2, 0.25) is 0 Å². The van der Waals surface area contributed by atoms with E-state index in [1.54, 1.807) is 12.1 Å². The second-order valence-corrected chi connectivity index (χ2v) is 4.91. The van der Waals surface area contributed by atoms with Gasteiger partial charge in [0, 0.05) is 14.5 Å². The molecular formula is C10H10Br2N2O3. The fraction of sp³-hybridized carbons (Fsp3) is 0.200. The molecule has 3 N–H and O–H groups in total. The van der Waals surface area contributed by atoms with Gasteiger partial charge in [0.15, 0.2) is 0 Å². The molecular weight excluding hydrogens is 356 g/mol. The molecule has 0 bridgehead atoms. The molecule has 1 aromatic rings. The third-order valence-corrected chi connectivity index (χ3v) is 2.67. The summed E-state index contributed by atoms with van der Waals surface area (Å²) in [6, 6.07) is 5.21. The Morgan fingerprint density at radius 2 is 1.82 bits per heavy atom. The average Bonchev–Trinajstić information content (AvgIpc) is 2.22. The van der Waals surface area contributed by atoms with Crippen molar-refractivity contribution in [1.82, 2.24) is 5.32 Å². The van der Waals surface area contributed by atoms with Crippen LogP contribution in [0.4, 0.5) is 4.79 Å². The smallest absolute Gasteiger partial charge is 0.404 e. The fourth-order valence-electron chi connectivity index (χ4n) is 1.10. The van der Waals surface area contributed by atoms with Gasteiger partial charge in [0.1, 0.15) is 6.61 Å². The zero-order valence-corrected chi connectivity index (χ0v) is 11.9. The van der Waals surface area contributed by atoms with Gasteiger partial charge in [-0.1, -0.05) is 31.9 Å². The number of hydrogen-bond acceptors (Lipinski definition) is 3. The van der Waals surface area contributed by atoms with Gasteiger partial charge in [0.05, 0.1) is 6.54 Å². The zero-order valence-electron chi connectivity index (χ0n) is 8.70. The lowest BCUT2D eigenvalue weighted by Crippen LogP contribution is -2.29. The molecule has 0 unspecified atom stereocenters. The van der Waals surface area contributed by atoms with E-state index in [0.717, 1.165) is 8.95 Å². The highest BCUT2D eigenvalue weighted by atomic mass is 79.9. The lowest BCUT2D eigenvalue weighted by molar-refractivity contribution is 0.0936. The Hall–Kier alpha value is -1.08. The van der Waals surface area contributed by atoms with E-state index in [2.05, 4.69) is 41.9 Å². The molecule has 5 nitrogen and oxygen atoms in total. The molecule has 0 spiro atoms. The lowest BCUT2D eigenvalue weighted by atomic mass is 10.2. The Labute approximate surface area is 115 Å². The number of amides is 2. The van der Waals surface area contributed by atoms with Crippen LogP contribution in [0.3, 0.4) is 0 Å². The first kappa shape index (κ1) is 14.0. The van der Waals surface area contributed by atoms with Gasteiger partial charge in [-0.3, -0.25) is 4.79 Å². The first-order valence-electron chi connectivity index (χ1n) is 4.65. The highest BCUT2D eigenvalue weighted by Crippen LogP contribution is 2.19. The predicted octanol–water partition coefficient (Wildman–Crippen LogP) is 2.04. The quantitative estimate of drug-likeness (QED) is 0.801. The Balaban J connectivity index is 2.49. The van der Waals surface area contributed by atoms with Crippen molar-refractivity contribution in [3.8, 4) is 0 Å². The number of hydrogen-bond donors (Lipinski definition) is 2. The second-order valence-electron chi connectivity index (χ2n) is 3.08. The predicted molar refractivity (Wildman–Crippen MR) is 69.7 cm³/mol. The number of rotatable bonds is 4. The van der Waals surface area contributed by atoms with Crippen LogP contribution in [0.25, 0.3) is 0 Å². The van der Waals surface area contributed by atoms with E-state index < -0.39 is 6.09 Å². The summed E-state index contributed by atoms with van der Waals surface area (Å²) < 4.78 is 6.07. The van der Waals surface area contributed by atoms with Crippen molar-refractivity contribution in [2.75, 3.05) is 13.2 Å². The van der Waals surface area contributed by atoms with Crippen LogP contribution in [0.5, 0.6) is 0 Å². The zero-order chi connectivity index (χ0) is 12.8. The first-order valence-corrected chi connectivity index (χ1v) is 6.24. The van der Waals surface area contributed by atoms with E-state index >= 15 is 0 Å². The van der Waals surface area contributed by atoms with Crippen molar-refractivity contribution < 1.29 is 14.3 Å². The topological polar surface area (TPSA) is 81.4 Å². The molecule has 0 saturated carbocycles. The number of nitrogens with two attached hydrogens (primary N) is 1. The Morgan fingerprint density at radius 3 is 2.35 bits per heavy atom. The molecule has 0 heterocycles. The van der Waals surface area contributed by atoms with Gasteiger partial charge in [-0.15, -0.1) is 0 Å². The maximum absolute atomic E-state index is 11.7. The number of benzene rings is 1. The molecule has 0 saturated heterocycles. The van der Waals surface area contributed by atoms with Crippen molar-refractivity contribution in [2.45, 2.75) is 0 Å². The summed E-state index contributed by atoms with van der Waals surface area (Å²) in [6.45, 7) is 0.266. The number of halogens is 2. The van der Waals surface area contributed by atoms with E-state index in [1.807, 2.05) is 6.07 Å². The molecule has 0 aliphatic carbocycles. The summed E-state index contributed by atoms with van der Waals surface area (Å²) in [4.78, 5) is 21.9. The Morgan fingerprint density at radius 1 is 1.24 bits per heavy atom. The molecule has 0 atom stereocenters. The summed E-state index contributed by atoms with van der Waals surface area (Å²) in [5.74, 6) is -0.250. The molecule has 0 aromatic heterocycles. The van der Waals surface area contributed by atoms with Crippen LogP contribution in [-0.4, -0.2) is 25.2 Å². The number of ether oxygens (including phenoxy) is 1. The highest BCUT2D eigenvalue weighted by molar-refractivity contribution is 9.11. The normalized spacial score (nSPS) is 9.76. The molecule has 2 amide bonds. The Bertz CT molecular complexity index is 417. The highest BCUT2D eigenvalue weighted by Gasteiger charge is 2.07. The molecule has 0 radical (unpaired) electrons. The van der Waals surface area contributed by atoms with E-state index in [9.17, 15) is 9.59 Å². The van der Waals surface area contributed by atoms with E-state index in [0.29, 0.717) is 5.56 Å². The fourth-order valence-corrected chi connectivity index (χ4v) is 2.40. The molecule has 0 aliphatic heterocycles. The van der Waals surface area contributed by atoms with E-state index in [1.165, 1.54) is 0 Å². The molecule has 0 fully saturated rings. The van der Waals surface area contributed by atoms with Crippen LogP contribution in [0, 0.1) is 0 Å². The summed E-state index contributed by atoms with van der Waals surface area (Å²) in [5, 5.41) is 2.60. The Kier molecular flexibility index (Phi) is 5.43. The van der Waals surface area contributed by atoms with Crippen molar-refractivity contribution in [1.29, 1.82) is 0 Å². The number of carbonyl (C=O) groups is 2. The van der Waals surface area contributed by atoms with Gasteiger partial charge in [-0.2, -0.15) is 0 Å². The van der Waals surface area contributed by atoms with Crippen LogP contribution in [0.15, 0.2) is 27.1 Å². The van der Waals surface area contributed by atoms with Crippen LogP contribution < -0.4 is 11.1 Å². The SMILES string of the molecule is NC(=O)OCCNC(=O)c1cc(Br)cc(Br)c1. The summed E-state index contributed by atoms with van der Waals surface area (Å²) in [5.41, 5.74) is 5.28. The van der Waals surface area contributed by atoms with E-state index in [-0.39, 0.29) is 19.1 Å². The van der Waals surface area contributed by atoms with Crippen LogP contribution in [0.2, 0.25) is 0 Å². The van der Waals surface area contributed by atoms with Crippen LogP contribution >= 0.6 is 31.9 Å². The lowest BCUT2D eigenvalue weighted by Gasteiger charge is -2.06. The number of primary amides is 1. The summed E-state index contributed by atoms with van der Waals surface area (Å²) in [6.07, 6.45) is -0.857. The second kappa shape index (κ2) is 6.61. The molecule has 0 aliphatic rings. The first-order chi connectivity index (χ1) is 7.99. The molecule has 1 rings (SSSR count). The van der Waals surface area contributed by atoms with Crippen molar-refractivity contribution >= 4 is 43.9 Å². The molecule has 1 aromatic carbocycles. The monoisotopic (exact) mass is 364 g/mol. The largest absolute Gasteiger partial charge is 0.448 e. The number of nitrogens with one attached hydrogen (secondary N) is 1. The standard InChI is InChI=1S/C10H10Br2N2O3/c11-7-3-6(4-8(12)5-7)9(15)14-1-2-17-10(13)16/h3-5H,1-2H2,(H2,13,16)(H,14,15). The third-order valence-electron chi connectivity index (χ3n) is 1.76. The third kappa shape index (κ3) is 5.18. The van der Waals surface area contributed by atoms with Gasteiger partial charge in [-0.25, -0.2) is 4.79 Å². The molecule has 7 heteroatoms. The van der Waals surface area contributed by atoms with Crippen molar-refractivity contribution in [3.63, 3.8) is 0 Å². The van der Waals surface area contributed by atoms with Gasteiger partial charge in [-0.05, 0) is 18.2 Å². The summed E-state index contributed by atoms with van der Waals surface area (Å²) >= 11 is 6.57. The van der Waals surface area contributed by atoms with Gasteiger partial charge >= 0.3 is 6.09 Å². The average molecular weight is 366 g/mol. The summed E-state index contributed by atoms with van der Waals surface area (Å²) in [7, 11) is 0. The van der Waals surface area contributed by atoms with Crippen LogP contribution in [-0.2, 0) is 4.74 Å². The number of carbonyl (C=O) groups excluding carboxylic acids is 2. The minimum Gasteiger partial charge on any atom is -0.448 e. The molecule has 92 valence electrons. The maximum atomic E-state index is 11.7.